The molecule has 5 nitrogen and oxygen atoms in total. The van der Waals surface area contributed by atoms with E-state index in [0.717, 1.165) is 11.3 Å². The molecule has 126 valence electrons. The van der Waals surface area contributed by atoms with Crippen LogP contribution < -0.4 is 4.74 Å². The molecule has 5 heteroatoms. The van der Waals surface area contributed by atoms with Crippen LogP contribution in [0, 0.1) is 0 Å². The molecular weight excluding hydrogens is 306 g/mol. The van der Waals surface area contributed by atoms with Crippen LogP contribution in [0.4, 0.5) is 0 Å². The minimum Gasteiger partial charge on any atom is -0.480 e. The molecule has 1 unspecified atom stereocenters. The van der Waals surface area contributed by atoms with Crippen molar-refractivity contribution in [3.8, 4) is 11.5 Å². The summed E-state index contributed by atoms with van der Waals surface area (Å²) in [6, 6.07) is 16.5. The smallest absolute Gasteiger partial charge is 0.321 e. The van der Waals surface area contributed by atoms with E-state index in [4.69, 9.17) is 9.47 Å². The van der Waals surface area contributed by atoms with E-state index in [-0.39, 0.29) is 0 Å². The molecule has 1 heterocycles. The maximum Gasteiger partial charge on any atom is 0.321 e. The summed E-state index contributed by atoms with van der Waals surface area (Å²) in [4.78, 5) is 13.7. The quantitative estimate of drug-likeness (QED) is 0.884. The predicted molar refractivity (Wildman–Crippen MR) is 90.5 cm³/mol. The molecule has 0 aliphatic carbocycles. The van der Waals surface area contributed by atoms with Crippen molar-refractivity contribution >= 4 is 5.97 Å². The Kier molecular flexibility index (Phi) is 5.46. The third-order valence-corrected chi connectivity index (χ3v) is 4.13. The molecule has 1 saturated heterocycles. The van der Waals surface area contributed by atoms with Crippen LogP contribution in [0.1, 0.15) is 5.56 Å². The molecule has 2 aromatic carbocycles. The van der Waals surface area contributed by atoms with Crippen molar-refractivity contribution in [3.05, 3.63) is 60.2 Å². The zero-order chi connectivity index (χ0) is 16.8. The standard InChI is InChI=1S/C19H21NO4/c21-19(22)17(20-10-12-23-13-11-20)14-15-6-4-5-9-18(15)24-16-7-2-1-3-8-16/h1-9,17H,10-14H2,(H,21,22). The Morgan fingerprint density at radius 3 is 2.46 bits per heavy atom. The summed E-state index contributed by atoms with van der Waals surface area (Å²) in [6.45, 7) is 2.43. The van der Waals surface area contributed by atoms with E-state index in [0.29, 0.717) is 38.5 Å². The first-order valence-corrected chi connectivity index (χ1v) is 8.09. The number of para-hydroxylation sites is 2. The van der Waals surface area contributed by atoms with Gasteiger partial charge in [-0.25, -0.2) is 0 Å². The SMILES string of the molecule is O=C(O)C(Cc1ccccc1Oc1ccccc1)N1CCOCC1. The van der Waals surface area contributed by atoms with E-state index in [1.807, 2.05) is 59.5 Å². The van der Waals surface area contributed by atoms with Crippen LogP contribution in [0.15, 0.2) is 54.6 Å². The van der Waals surface area contributed by atoms with Gasteiger partial charge in [0, 0.05) is 19.5 Å². The minimum absolute atomic E-state index is 0.401. The number of morpholine rings is 1. The van der Waals surface area contributed by atoms with Crippen molar-refractivity contribution in [3.63, 3.8) is 0 Å². The topological polar surface area (TPSA) is 59.0 Å². The molecule has 0 bridgehead atoms. The molecule has 1 atom stereocenters. The summed E-state index contributed by atoms with van der Waals surface area (Å²) in [6.07, 6.45) is 0.401. The van der Waals surface area contributed by atoms with Crippen molar-refractivity contribution in [1.29, 1.82) is 0 Å². The van der Waals surface area contributed by atoms with Crippen molar-refractivity contribution in [2.24, 2.45) is 0 Å². The molecule has 0 saturated carbocycles. The maximum atomic E-state index is 11.7. The molecule has 0 amide bonds. The van der Waals surface area contributed by atoms with Gasteiger partial charge in [-0.1, -0.05) is 36.4 Å². The van der Waals surface area contributed by atoms with Crippen LogP contribution in [-0.4, -0.2) is 48.3 Å². The second kappa shape index (κ2) is 7.95. The van der Waals surface area contributed by atoms with Crippen LogP contribution in [0.2, 0.25) is 0 Å². The van der Waals surface area contributed by atoms with Gasteiger partial charge in [0.05, 0.1) is 13.2 Å². The molecule has 2 aromatic rings. The summed E-state index contributed by atoms with van der Waals surface area (Å²) in [5.74, 6) is 0.623. The summed E-state index contributed by atoms with van der Waals surface area (Å²) in [5, 5.41) is 9.64. The molecular formula is C19H21NO4. The fraction of sp³-hybridized carbons (Fsp3) is 0.316. The number of hydrogen-bond acceptors (Lipinski definition) is 4. The van der Waals surface area contributed by atoms with E-state index < -0.39 is 12.0 Å². The third-order valence-electron chi connectivity index (χ3n) is 4.13. The number of ether oxygens (including phenoxy) is 2. The highest BCUT2D eigenvalue weighted by molar-refractivity contribution is 5.74. The van der Waals surface area contributed by atoms with E-state index >= 15 is 0 Å². The second-order valence-corrected chi connectivity index (χ2v) is 5.73. The number of aliphatic carboxylic acids is 1. The van der Waals surface area contributed by atoms with Gasteiger partial charge in [-0.15, -0.1) is 0 Å². The van der Waals surface area contributed by atoms with Crippen LogP contribution in [-0.2, 0) is 16.0 Å². The van der Waals surface area contributed by atoms with Crippen molar-refractivity contribution in [1.82, 2.24) is 4.90 Å². The molecule has 0 aromatic heterocycles. The van der Waals surface area contributed by atoms with Crippen LogP contribution in [0.3, 0.4) is 0 Å². The molecule has 0 radical (unpaired) electrons. The zero-order valence-corrected chi connectivity index (χ0v) is 13.4. The molecule has 3 rings (SSSR count). The third kappa shape index (κ3) is 4.13. The molecule has 0 spiro atoms. The molecule has 1 N–H and O–H groups in total. The van der Waals surface area contributed by atoms with Gasteiger partial charge in [0.15, 0.2) is 0 Å². The monoisotopic (exact) mass is 327 g/mol. The number of benzene rings is 2. The maximum absolute atomic E-state index is 11.7. The highest BCUT2D eigenvalue weighted by Crippen LogP contribution is 2.27. The minimum atomic E-state index is -0.814. The Morgan fingerprint density at radius 1 is 1.08 bits per heavy atom. The average molecular weight is 327 g/mol. The Morgan fingerprint density at radius 2 is 1.75 bits per heavy atom. The van der Waals surface area contributed by atoms with Gasteiger partial charge >= 0.3 is 5.97 Å². The van der Waals surface area contributed by atoms with Gasteiger partial charge < -0.3 is 14.6 Å². The lowest BCUT2D eigenvalue weighted by Gasteiger charge is -2.32. The molecule has 1 aliphatic heterocycles. The first-order chi connectivity index (χ1) is 11.7. The van der Waals surface area contributed by atoms with Gasteiger partial charge in [0.1, 0.15) is 17.5 Å². The van der Waals surface area contributed by atoms with Crippen LogP contribution in [0.25, 0.3) is 0 Å². The Balaban J connectivity index is 1.79. The number of hydrogen-bond donors (Lipinski definition) is 1. The first kappa shape index (κ1) is 16.5. The summed E-state index contributed by atoms with van der Waals surface area (Å²) < 4.78 is 11.3. The van der Waals surface area contributed by atoms with Crippen molar-refractivity contribution < 1.29 is 19.4 Å². The van der Waals surface area contributed by atoms with Crippen molar-refractivity contribution in [2.75, 3.05) is 26.3 Å². The summed E-state index contributed by atoms with van der Waals surface area (Å²) in [5.41, 5.74) is 0.889. The van der Waals surface area contributed by atoms with Crippen LogP contribution >= 0.6 is 0 Å². The fourth-order valence-electron chi connectivity index (χ4n) is 2.86. The van der Waals surface area contributed by atoms with E-state index in [2.05, 4.69) is 0 Å². The van der Waals surface area contributed by atoms with Gasteiger partial charge in [-0.2, -0.15) is 0 Å². The van der Waals surface area contributed by atoms with Crippen LogP contribution in [0.5, 0.6) is 11.5 Å². The zero-order valence-electron chi connectivity index (χ0n) is 13.4. The Labute approximate surface area is 141 Å². The molecule has 1 aliphatic rings. The normalized spacial score (nSPS) is 16.5. The Bertz CT molecular complexity index is 668. The lowest BCUT2D eigenvalue weighted by Crippen LogP contribution is -2.48. The van der Waals surface area contributed by atoms with E-state index in [1.54, 1.807) is 0 Å². The lowest BCUT2D eigenvalue weighted by atomic mass is 10.0. The highest BCUT2D eigenvalue weighted by atomic mass is 16.5. The lowest BCUT2D eigenvalue weighted by molar-refractivity contribution is -0.145. The van der Waals surface area contributed by atoms with Crippen molar-refractivity contribution in [2.45, 2.75) is 12.5 Å². The van der Waals surface area contributed by atoms with E-state index in [9.17, 15) is 9.90 Å². The predicted octanol–water partition coefficient (Wildman–Crippen LogP) is 2.81. The number of carboxylic acid groups (broad SMARTS) is 1. The number of rotatable bonds is 6. The van der Waals surface area contributed by atoms with Gasteiger partial charge in [-0.3, -0.25) is 9.69 Å². The number of carboxylic acids is 1. The molecule has 24 heavy (non-hydrogen) atoms. The molecule has 1 fully saturated rings. The van der Waals surface area contributed by atoms with Gasteiger partial charge in [-0.05, 0) is 23.8 Å². The van der Waals surface area contributed by atoms with E-state index in [1.165, 1.54) is 0 Å². The fourth-order valence-corrected chi connectivity index (χ4v) is 2.86. The van der Waals surface area contributed by atoms with Gasteiger partial charge in [0.25, 0.3) is 0 Å². The number of nitrogens with zero attached hydrogens (tertiary/aromatic N) is 1. The summed E-state index contributed by atoms with van der Waals surface area (Å²) >= 11 is 0. The average Bonchev–Trinajstić information content (AvgIpc) is 2.62. The first-order valence-electron chi connectivity index (χ1n) is 8.09. The Hall–Kier alpha value is -2.37. The summed E-state index contributed by atoms with van der Waals surface area (Å²) in [7, 11) is 0. The number of carbonyl (C=O) groups is 1. The highest BCUT2D eigenvalue weighted by Gasteiger charge is 2.28. The van der Waals surface area contributed by atoms with Gasteiger partial charge in [0.2, 0.25) is 0 Å². The second-order valence-electron chi connectivity index (χ2n) is 5.73. The largest absolute Gasteiger partial charge is 0.480 e.